The van der Waals surface area contributed by atoms with Gasteiger partial charge in [-0.25, -0.2) is 14.0 Å². The van der Waals surface area contributed by atoms with E-state index in [4.69, 9.17) is 9.26 Å². The summed E-state index contributed by atoms with van der Waals surface area (Å²) in [4.78, 5) is 42.2. The predicted octanol–water partition coefficient (Wildman–Crippen LogP) is 4.46. The van der Waals surface area contributed by atoms with Crippen LogP contribution in [0.15, 0.2) is 47.0 Å². The van der Waals surface area contributed by atoms with Gasteiger partial charge in [0.1, 0.15) is 29.1 Å². The van der Waals surface area contributed by atoms with Crippen LogP contribution in [0.2, 0.25) is 0 Å². The van der Waals surface area contributed by atoms with Crippen molar-refractivity contribution in [2.24, 2.45) is 5.92 Å². The number of benzene rings is 2. The number of aromatic nitrogens is 1. The Morgan fingerprint density at radius 3 is 2.45 bits per heavy atom. The molecule has 0 saturated carbocycles. The first-order valence-corrected chi connectivity index (χ1v) is 13.5. The Kier molecular flexibility index (Phi) is 9.31. The first-order valence-electron chi connectivity index (χ1n) is 13.5. The molecule has 5 amide bonds. The van der Waals surface area contributed by atoms with Crippen molar-refractivity contribution in [3.8, 4) is 5.75 Å². The topological polar surface area (TPSA) is 149 Å². The van der Waals surface area contributed by atoms with E-state index in [9.17, 15) is 23.9 Å². The number of aliphatic hydroxyl groups is 1. The Labute approximate surface area is 242 Å². The zero-order valence-corrected chi connectivity index (χ0v) is 24.1. The molecule has 13 heteroatoms. The molecule has 3 aromatic rings. The van der Waals surface area contributed by atoms with E-state index in [0.29, 0.717) is 28.5 Å². The molecule has 1 aliphatic rings. The third-order valence-electron chi connectivity index (χ3n) is 7.09. The van der Waals surface area contributed by atoms with Gasteiger partial charge in [-0.2, -0.15) is 0 Å². The minimum Gasteiger partial charge on any atom is -0.487 e. The van der Waals surface area contributed by atoms with Crippen LogP contribution < -0.4 is 20.7 Å². The van der Waals surface area contributed by atoms with Crippen molar-refractivity contribution in [1.82, 2.24) is 15.0 Å². The van der Waals surface area contributed by atoms with Crippen LogP contribution in [0.1, 0.15) is 35.7 Å². The second-order valence-electron chi connectivity index (χ2n) is 10.4. The van der Waals surface area contributed by atoms with E-state index >= 15 is 0 Å². The number of nitrogens with zero attached hydrogens (tertiary/aromatic N) is 3. The molecule has 0 radical (unpaired) electrons. The van der Waals surface area contributed by atoms with Crippen LogP contribution in [-0.4, -0.2) is 76.9 Å². The molecule has 4 N–H and O–H groups in total. The minimum atomic E-state index is -0.584. The van der Waals surface area contributed by atoms with Crippen molar-refractivity contribution in [3.05, 3.63) is 65.3 Å². The summed E-state index contributed by atoms with van der Waals surface area (Å²) >= 11 is 0. The summed E-state index contributed by atoms with van der Waals surface area (Å²) in [6, 6.07) is 8.51. The lowest BCUT2D eigenvalue weighted by Gasteiger charge is -2.38. The Balaban J connectivity index is 1.55. The first-order chi connectivity index (χ1) is 20.0. The van der Waals surface area contributed by atoms with E-state index in [0.717, 1.165) is 0 Å². The molecular formula is C29H35FN6O6. The third-order valence-corrected chi connectivity index (χ3v) is 7.09. The maximum Gasteiger partial charge on any atom is 0.323 e. The molecular weight excluding hydrogens is 547 g/mol. The number of aliphatic hydroxyl groups excluding tert-OH is 1. The first kappa shape index (κ1) is 30.3. The lowest BCUT2D eigenvalue weighted by atomic mass is 9.99. The van der Waals surface area contributed by atoms with Gasteiger partial charge in [0.25, 0.3) is 5.91 Å². The van der Waals surface area contributed by atoms with Crippen molar-refractivity contribution >= 4 is 35.0 Å². The average Bonchev–Trinajstić information content (AvgIpc) is 3.27. The molecule has 3 atom stereocenters. The van der Waals surface area contributed by atoms with E-state index in [1.54, 1.807) is 44.9 Å². The van der Waals surface area contributed by atoms with Crippen LogP contribution in [-0.2, 0) is 0 Å². The van der Waals surface area contributed by atoms with E-state index in [-0.39, 0.29) is 48.9 Å². The van der Waals surface area contributed by atoms with Crippen molar-refractivity contribution in [1.29, 1.82) is 0 Å². The fourth-order valence-corrected chi connectivity index (χ4v) is 4.56. The van der Waals surface area contributed by atoms with E-state index in [2.05, 4.69) is 21.1 Å². The van der Waals surface area contributed by atoms with Gasteiger partial charge in [-0.3, -0.25) is 4.79 Å². The molecule has 0 bridgehead atoms. The van der Waals surface area contributed by atoms with Gasteiger partial charge in [0.15, 0.2) is 5.76 Å². The number of hydrogen-bond acceptors (Lipinski definition) is 7. The van der Waals surface area contributed by atoms with Gasteiger partial charge >= 0.3 is 12.1 Å². The van der Waals surface area contributed by atoms with Gasteiger partial charge in [0, 0.05) is 30.9 Å². The fraction of sp³-hybridized carbons (Fsp3) is 0.379. The molecule has 42 heavy (non-hydrogen) atoms. The molecule has 0 spiro atoms. The van der Waals surface area contributed by atoms with E-state index in [1.807, 2.05) is 6.92 Å². The second-order valence-corrected chi connectivity index (χ2v) is 10.4. The summed E-state index contributed by atoms with van der Waals surface area (Å²) in [6.07, 6.45) is -0.522. The van der Waals surface area contributed by atoms with Crippen LogP contribution >= 0.6 is 0 Å². The Morgan fingerprint density at radius 2 is 1.81 bits per heavy atom. The lowest BCUT2D eigenvalue weighted by Crippen LogP contribution is -2.50. The largest absolute Gasteiger partial charge is 0.487 e. The SMILES string of the molecule is Cc1noc(C)c1NC(=O)N(C)C[C@@H]1Oc2ccc(NC(=O)Nc3ccc(F)cc3)cc2C(=O)N([C@H](C)CO)C[C@H]1C. The highest BCUT2D eigenvalue weighted by atomic mass is 19.1. The second kappa shape index (κ2) is 12.9. The standard InChI is InChI=1S/C29H35FN6O6/c1-16-13-36(17(2)15-37)27(38)23-12-22(32-28(39)31-21-8-6-20(30)7-9-21)10-11-24(23)41-25(16)14-35(5)29(40)33-26-18(3)34-42-19(26)4/h6-12,16-17,25,37H,13-15H2,1-5H3,(H,33,40)(H2,31,32,39)/t16-,17-,25+/m1/s1. The van der Waals surface area contributed by atoms with Crippen LogP contribution in [0.4, 0.5) is 31.0 Å². The smallest absolute Gasteiger partial charge is 0.323 e. The molecule has 12 nitrogen and oxygen atoms in total. The van der Waals surface area contributed by atoms with Crippen LogP contribution in [0, 0.1) is 25.6 Å². The predicted molar refractivity (Wildman–Crippen MR) is 154 cm³/mol. The number of likely N-dealkylation sites (N-methyl/N-ethyl adjacent to an activating group) is 1. The van der Waals surface area contributed by atoms with Gasteiger partial charge in [0.2, 0.25) is 0 Å². The van der Waals surface area contributed by atoms with Crippen molar-refractivity contribution < 1.29 is 33.1 Å². The monoisotopic (exact) mass is 582 g/mol. The van der Waals surface area contributed by atoms with Crippen LogP contribution in [0.25, 0.3) is 0 Å². The molecule has 0 aliphatic carbocycles. The van der Waals surface area contributed by atoms with Crippen molar-refractivity contribution in [3.63, 3.8) is 0 Å². The number of anilines is 3. The number of halogens is 1. The molecule has 0 fully saturated rings. The van der Waals surface area contributed by atoms with Gasteiger partial charge < -0.3 is 40.1 Å². The molecule has 0 saturated heterocycles. The number of carbonyl (C=O) groups is 3. The van der Waals surface area contributed by atoms with Crippen LogP contribution in [0.3, 0.4) is 0 Å². The molecule has 2 aromatic carbocycles. The number of urea groups is 2. The summed E-state index contributed by atoms with van der Waals surface area (Å²) in [6.45, 7) is 7.27. The highest BCUT2D eigenvalue weighted by Crippen LogP contribution is 2.31. The van der Waals surface area contributed by atoms with E-state index < -0.39 is 24.0 Å². The van der Waals surface area contributed by atoms with Crippen LogP contribution in [0.5, 0.6) is 5.75 Å². The van der Waals surface area contributed by atoms with Gasteiger partial charge in [0.05, 0.1) is 24.8 Å². The number of aryl methyl sites for hydroxylation is 2. The Morgan fingerprint density at radius 1 is 1.14 bits per heavy atom. The number of hydrogen-bond donors (Lipinski definition) is 4. The summed E-state index contributed by atoms with van der Waals surface area (Å²) < 4.78 is 24.6. The van der Waals surface area contributed by atoms with E-state index in [1.165, 1.54) is 35.2 Å². The number of ether oxygens (including phenoxy) is 1. The van der Waals surface area contributed by atoms with Gasteiger partial charge in [-0.15, -0.1) is 0 Å². The molecule has 4 rings (SSSR count). The number of rotatable bonds is 7. The Hall–Kier alpha value is -4.65. The number of nitrogens with one attached hydrogen (secondary N) is 3. The molecule has 1 aliphatic heterocycles. The summed E-state index contributed by atoms with van der Waals surface area (Å²) in [5.74, 6) is -0.256. The molecule has 0 unspecified atom stereocenters. The zero-order chi connectivity index (χ0) is 30.6. The maximum atomic E-state index is 13.7. The maximum absolute atomic E-state index is 13.7. The van der Waals surface area contributed by atoms with Gasteiger partial charge in [-0.1, -0.05) is 12.1 Å². The van der Waals surface area contributed by atoms with Crippen molar-refractivity contribution in [2.45, 2.75) is 39.8 Å². The molecule has 1 aromatic heterocycles. The highest BCUT2D eigenvalue weighted by Gasteiger charge is 2.34. The number of fused-ring (bicyclic) bond motifs is 1. The Bertz CT molecular complexity index is 1430. The summed E-state index contributed by atoms with van der Waals surface area (Å²) in [5, 5.41) is 21.8. The minimum absolute atomic E-state index is 0.186. The molecule has 2 heterocycles. The number of carbonyl (C=O) groups excluding carboxylic acids is 3. The lowest BCUT2D eigenvalue weighted by molar-refractivity contribution is 0.0371. The third kappa shape index (κ3) is 6.97. The summed E-state index contributed by atoms with van der Waals surface area (Å²) in [5.41, 5.74) is 1.96. The van der Waals surface area contributed by atoms with Gasteiger partial charge in [-0.05, 0) is 63.2 Å². The van der Waals surface area contributed by atoms with Crippen molar-refractivity contribution in [2.75, 3.05) is 42.7 Å². The quantitative estimate of drug-likeness (QED) is 0.321. The zero-order valence-electron chi connectivity index (χ0n) is 24.1. The average molecular weight is 583 g/mol. The highest BCUT2D eigenvalue weighted by molar-refractivity contribution is 6.02. The molecule has 224 valence electrons. The number of amides is 5. The fourth-order valence-electron chi connectivity index (χ4n) is 4.56. The normalized spacial score (nSPS) is 17.3. The summed E-state index contributed by atoms with van der Waals surface area (Å²) in [7, 11) is 1.63.